The number of aromatic nitrogens is 2. The van der Waals surface area contributed by atoms with E-state index in [1.54, 1.807) is 0 Å². The Balaban J connectivity index is 1.00. The van der Waals surface area contributed by atoms with Gasteiger partial charge >= 0.3 is 0 Å². The molecule has 0 fully saturated rings. The number of fused-ring (bicyclic) bond motifs is 9. The molecule has 0 unspecified atom stereocenters. The number of hydrogen-bond donors (Lipinski definition) is 0. The zero-order valence-electron chi connectivity index (χ0n) is 33.7. The SMILES string of the molecule is c1ccc(-c2ccc(-c3cc(-c4cccc(-c5cccc6c5Sc5ccccc5C65c6ccccc6-c6ccccc65)c4)nc(-c4ccc(-c5ccccc5)cc4)n3)cc2)cc1. The Morgan fingerprint density at radius 1 is 0.290 bits per heavy atom. The van der Waals surface area contributed by atoms with E-state index < -0.39 is 5.41 Å². The maximum atomic E-state index is 5.31. The molecule has 0 atom stereocenters. The molecule has 2 nitrogen and oxygen atoms in total. The van der Waals surface area contributed by atoms with E-state index in [9.17, 15) is 0 Å². The van der Waals surface area contributed by atoms with Crippen molar-refractivity contribution in [2.24, 2.45) is 0 Å². The van der Waals surface area contributed by atoms with Crippen LogP contribution in [-0.2, 0) is 5.41 Å². The Morgan fingerprint density at radius 2 is 0.726 bits per heavy atom. The average Bonchev–Trinajstić information content (AvgIpc) is 3.65. The van der Waals surface area contributed by atoms with Crippen LogP contribution in [0.5, 0.6) is 0 Å². The summed E-state index contributed by atoms with van der Waals surface area (Å²) in [5.41, 5.74) is 19.4. The van der Waals surface area contributed by atoms with Crippen LogP contribution < -0.4 is 0 Å². The second kappa shape index (κ2) is 14.8. The molecule has 2 aliphatic rings. The van der Waals surface area contributed by atoms with Gasteiger partial charge in [-0.15, -0.1) is 0 Å². The van der Waals surface area contributed by atoms with Crippen LogP contribution in [0.2, 0.25) is 0 Å². The Bertz CT molecular complexity index is 3150. The van der Waals surface area contributed by atoms with Gasteiger partial charge in [0.25, 0.3) is 0 Å². The van der Waals surface area contributed by atoms with Gasteiger partial charge in [0.05, 0.1) is 16.8 Å². The van der Waals surface area contributed by atoms with Crippen molar-refractivity contribution in [3.8, 4) is 78.4 Å². The summed E-state index contributed by atoms with van der Waals surface area (Å²) in [4.78, 5) is 13.1. The van der Waals surface area contributed by atoms with Crippen molar-refractivity contribution in [1.29, 1.82) is 0 Å². The van der Waals surface area contributed by atoms with Crippen molar-refractivity contribution in [1.82, 2.24) is 9.97 Å². The van der Waals surface area contributed by atoms with Crippen molar-refractivity contribution >= 4 is 11.8 Å². The Kier molecular flexibility index (Phi) is 8.69. The molecule has 0 radical (unpaired) electrons. The molecule has 62 heavy (non-hydrogen) atoms. The molecule has 0 N–H and O–H groups in total. The molecule has 12 rings (SSSR count). The molecule has 1 spiro atoms. The third-order valence-corrected chi connectivity index (χ3v) is 13.8. The van der Waals surface area contributed by atoms with Gasteiger partial charge in [-0.05, 0) is 85.0 Å². The van der Waals surface area contributed by atoms with Crippen molar-refractivity contribution < 1.29 is 0 Å². The van der Waals surface area contributed by atoms with Crippen molar-refractivity contribution in [3.63, 3.8) is 0 Å². The summed E-state index contributed by atoms with van der Waals surface area (Å²) >= 11 is 1.89. The molecule has 9 aromatic carbocycles. The summed E-state index contributed by atoms with van der Waals surface area (Å²) in [5, 5.41) is 0. The van der Waals surface area contributed by atoms with E-state index in [0.29, 0.717) is 5.82 Å². The Hall–Kier alpha value is -7.59. The highest BCUT2D eigenvalue weighted by atomic mass is 32.2. The first kappa shape index (κ1) is 36.3. The third-order valence-electron chi connectivity index (χ3n) is 12.6. The van der Waals surface area contributed by atoms with Gasteiger partial charge < -0.3 is 0 Å². The summed E-state index contributed by atoms with van der Waals surface area (Å²) in [6.07, 6.45) is 0. The molecule has 1 aliphatic heterocycles. The zero-order chi connectivity index (χ0) is 41.0. The molecular weight excluding hydrogens is 769 g/mol. The Morgan fingerprint density at radius 3 is 1.37 bits per heavy atom. The fourth-order valence-corrected chi connectivity index (χ4v) is 11.1. The van der Waals surface area contributed by atoms with Crippen LogP contribution in [0.4, 0.5) is 0 Å². The van der Waals surface area contributed by atoms with Gasteiger partial charge in [0.1, 0.15) is 0 Å². The largest absolute Gasteiger partial charge is 0.228 e. The van der Waals surface area contributed by atoms with E-state index >= 15 is 0 Å². The lowest BCUT2D eigenvalue weighted by molar-refractivity contribution is 0.723. The number of rotatable bonds is 6. The van der Waals surface area contributed by atoms with Gasteiger partial charge in [0.2, 0.25) is 0 Å². The van der Waals surface area contributed by atoms with Gasteiger partial charge in [0.15, 0.2) is 5.82 Å². The first-order valence-electron chi connectivity index (χ1n) is 21.1. The minimum absolute atomic E-state index is 0.430. The van der Waals surface area contributed by atoms with E-state index in [1.807, 2.05) is 11.8 Å². The van der Waals surface area contributed by atoms with Crippen LogP contribution in [-0.4, -0.2) is 9.97 Å². The molecule has 0 saturated carbocycles. The lowest BCUT2D eigenvalue weighted by Crippen LogP contribution is -2.32. The van der Waals surface area contributed by atoms with E-state index in [1.165, 1.54) is 65.4 Å². The predicted molar refractivity (Wildman–Crippen MR) is 256 cm³/mol. The molecule has 0 bridgehead atoms. The van der Waals surface area contributed by atoms with Gasteiger partial charge in [-0.25, -0.2) is 9.97 Å². The van der Waals surface area contributed by atoms with Crippen LogP contribution in [0.25, 0.3) is 78.4 Å². The monoisotopic (exact) mass is 806 g/mol. The minimum Gasteiger partial charge on any atom is -0.228 e. The van der Waals surface area contributed by atoms with E-state index in [2.05, 4.69) is 231 Å². The highest BCUT2D eigenvalue weighted by Gasteiger charge is 2.50. The fourth-order valence-electron chi connectivity index (χ4n) is 9.73. The maximum Gasteiger partial charge on any atom is 0.160 e. The smallest absolute Gasteiger partial charge is 0.160 e. The first-order valence-corrected chi connectivity index (χ1v) is 22.0. The normalized spacial score (nSPS) is 12.9. The number of benzene rings is 9. The molecule has 0 amide bonds. The van der Waals surface area contributed by atoms with Gasteiger partial charge in [-0.2, -0.15) is 0 Å². The van der Waals surface area contributed by atoms with Crippen LogP contribution in [0.15, 0.2) is 240 Å². The summed E-state index contributed by atoms with van der Waals surface area (Å²) < 4.78 is 0. The van der Waals surface area contributed by atoms with Crippen LogP contribution >= 0.6 is 11.8 Å². The standard InChI is InChI=1S/C59H38N2S/c1-3-15-39(16-4-1)41-29-33-43(34-30-41)54-38-55(61-58(60-54)44-35-31-42(32-36-44)40-17-5-2-6-18-40)46-20-13-19-45(37-46)47-23-14-27-53-57(47)62-56-28-12-11-26-52(56)59(53)50-24-9-7-21-48(50)49-22-8-10-25-51(49)59/h1-38H. The first-order chi connectivity index (χ1) is 30.7. The van der Waals surface area contributed by atoms with E-state index in [0.717, 1.165) is 39.2 Å². The summed E-state index contributed by atoms with van der Waals surface area (Å²) in [6.45, 7) is 0. The van der Waals surface area contributed by atoms with Crippen LogP contribution in [0.3, 0.4) is 0 Å². The average molecular weight is 807 g/mol. The van der Waals surface area contributed by atoms with E-state index in [-0.39, 0.29) is 0 Å². The number of nitrogens with zero attached hydrogens (tertiary/aromatic N) is 2. The van der Waals surface area contributed by atoms with Gasteiger partial charge in [-0.3, -0.25) is 0 Å². The summed E-state index contributed by atoms with van der Waals surface area (Å²) in [6, 6.07) is 83.3. The van der Waals surface area contributed by atoms with Crippen molar-refractivity contribution in [3.05, 3.63) is 253 Å². The lowest BCUT2D eigenvalue weighted by Gasteiger charge is -2.40. The zero-order valence-corrected chi connectivity index (χ0v) is 34.6. The van der Waals surface area contributed by atoms with Crippen LogP contribution in [0, 0.1) is 0 Å². The fraction of sp³-hybridized carbons (Fsp3) is 0.0169. The maximum absolute atomic E-state index is 5.31. The van der Waals surface area contributed by atoms with Crippen molar-refractivity contribution in [2.75, 3.05) is 0 Å². The van der Waals surface area contributed by atoms with Crippen LogP contribution in [0.1, 0.15) is 22.3 Å². The highest BCUT2D eigenvalue weighted by molar-refractivity contribution is 7.99. The van der Waals surface area contributed by atoms with Gasteiger partial charge in [0, 0.05) is 26.5 Å². The lowest BCUT2D eigenvalue weighted by atomic mass is 9.67. The van der Waals surface area contributed by atoms with Gasteiger partial charge in [-0.1, -0.05) is 224 Å². The molecule has 1 aromatic heterocycles. The summed E-state index contributed by atoms with van der Waals surface area (Å²) in [5.74, 6) is 0.694. The molecular formula is C59H38N2S. The second-order valence-corrected chi connectivity index (χ2v) is 17.1. The summed E-state index contributed by atoms with van der Waals surface area (Å²) in [7, 11) is 0. The third kappa shape index (κ3) is 5.89. The van der Waals surface area contributed by atoms with E-state index in [4.69, 9.17) is 9.97 Å². The predicted octanol–water partition coefficient (Wildman–Crippen LogP) is 15.3. The Labute approximate surface area is 366 Å². The highest BCUT2D eigenvalue weighted by Crippen LogP contribution is 2.63. The molecule has 3 heteroatoms. The molecule has 10 aromatic rings. The van der Waals surface area contributed by atoms with Crippen molar-refractivity contribution in [2.45, 2.75) is 15.2 Å². The molecule has 0 saturated heterocycles. The quantitative estimate of drug-likeness (QED) is 0.167. The second-order valence-electron chi connectivity index (χ2n) is 16.1. The molecule has 1 aliphatic carbocycles. The number of hydrogen-bond acceptors (Lipinski definition) is 3. The topological polar surface area (TPSA) is 25.8 Å². The minimum atomic E-state index is -0.430. The molecule has 290 valence electrons. The molecule has 2 heterocycles.